The Labute approximate surface area is 174 Å². The van der Waals surface area contributed by atoms with Crippen molar-refractivity contribution in [1.82, 2.24) is 9.78 Å². The first-order valence-electron chi connectivity index (χ1n) is 10.5. The highest BCUT2D eigenvalue weighted by Crippen LogP contribution is 2.44. The van der Waals surface area contributed by atoms with Crippen molar-refractivity contribution in [3.63, 3.8) is 0 Å². The largest absolute Gasteiger partial charge is 0.298 e. The van der Waals surface area contributed by atoms with E-state index in [2.05, 4.69) is 44.1 Å². The van der Waals surface area contributed by atoms with Crippen LogP contribution >= 0.6 is 0 Å². The summed E-state index contributed by atoms with van der Waals surface area (Å²) >= 11 is 0. The minimum atomic E-state index is -3.74. The Kier molecular flexibility index (Phi) is 6.32. The number of carbonyl (C=O) groups is 1. The third-order valence-corrected chi connectivity index (χ3v) is 7.40. The molecule has 158 valence electrons. The number of Topliss-reactive ketones (excluding diaryl/α,β-unsaturated/α-hetero) is 1. The normalized spacial score (nSPS) is 15.8. The molecule has 0 radical (unpaired) electrons. The molecule has 3 rings (SSSR count). The maximum absolute atomic E-state index is 12.9. The van der Waals surface area contributed by atoms with Crippen molar-refractivity contribution < 1.29 is 13.2 Å². The molecule has 1 aromatic carbocycles. The molecule has 1 aromatic heterocycles. The fourth-order valence-electron chi connectivity index (χ4n) is 3.95. The van der Waals surface area contributed by atoms with E-state index in [1.54, 1.807) is 10.9 Å². The first-order valence-corrected chi connectivity index (χ1v) is 12.2. The lowest BCUT2D eigenvalue weighted by Gasteiger charge is -2.21. The van der Waals surface area contributed by atoms with Crippen LogP contribution in [0, 0.1) is 5.92 Å². The number of benzene rings is 1. The second-order valence-electron chi connectivity index (χ2n) is 8.90. The van der Waals surface area contributed by atoms with Gasteiger partial charge in [-0.25, -0.2) is 8.42 Å². The molecule has 1 saturated carbocycles. The smallest absolute Gasteiger partial charge is 0.204 e. The fourth-order valence-corrected chi connectivity index (χ4v) is 5.11. The highest BCUT2D eigenvalue weighted by Gasteiger charge is 2.32. The zero-order chi connectivity index (χ0) is 21.3. The van der Waals surface area contributed by atoms with Gasteiger partial charge in [0, 0.05) is 18.7 Å². The van der Waals surface area contributed by atoms with Gasteiger partial charge in [0.25, 0.3) is 0 Å². The zero-order valence-electron chi connectivity index (χ0n) is 18.1. The zero-order valence-corrected chi connectivity index (χ0v) is 18.9. The van der Waals surface area contributed by atoms with Crippen molar-refractivity contribution in [2.45, 2.75) is 76.8 Å². The SMILES string of the molecule is CC(C)c1cccc(C(C)C2CC2)c1CC(=O)CS(=O)(=O)c1ccn(C(C)C)n1. The van der Waals surface area contributed by atoms with Gasteiger partial charge in [0.15, 0.2) is 10.8 Å². The standard InChI is InChI=1S/C23H32N2O3S/c1-15(2)20-7-6-8-21(17(5)18-9-10-18)22(20)13-19(26)14-29(27,28)23-11-12-25(24-23)16(3)4/h6-8,11-12,15-18H,9-10,13-14H2,1-5H3. The Balaban J connectivity index is 1.84. The van der Waals surface area contributed by atoms with Gasteiger partial charge in [0.05, 0.1) is 0 Å². The molecule has 5 nitrogen and oxygen atoms in total. The quantitative estimate of drug-likeness (QED) is 0.595. The molecule has 1 atom stereocenters. The lowest BCUT2D eigenvalue weighted by molar-refractivity contribution is -0.116. The van der Waals surface area contributed by atoms with Crippen LogP contribution in [0.3, 0.4) is 0 Å². The summed E-state index contributed by atoms with van der Waals surface area (Å²) in [7, 11) is -3.74. The van der Waals surface area contributed by atoms with Gasteiger partial charge in [-0.2, -0.15) is 5.10 Å². The van der Waals surface area contributed by atoms with Gasteiger partial charge in [0.2, 0.25) is 9.84 Å². The van der Waals surface area contributed by atoms with Gasteiger partial charge in [-0.1, -0.05) is 39.0 Å². The van der Waals surface area contributed by atoms with Crippen LogP contribution in [0.4, 0.5) is 0 Å². The molecule has 1 fully saturated rings. The van der Waals surface area contributed by atoms with Crippen molar-refractivity contribution in [3.05, 3.63) is 47.2 Å². The number of hydrogen-bond acceptors (Lipinski definition) is 4. The lowest BCUT2D eigenvalue weighted by atomic mass is 9.84. The lowest BCUT2D eigenvalue weighted by Crippen LogP contribution is -2.21. The number of ketones is 1. The first-order chi connectivity index (χ1) is 13.6. The molecule has 0 saturated heterocycles. The van der Waals surface area contributed by atoms with Crippen molar-refractivity contribution in [3.8, 4) is 0 Å². The summed E-state index contributed by atoms with van der Waals surface area (Å²) in [6.07, 6.45) is 4.26. The van der Waals surface area contributed by atoms with Gasteiger partial charge < -0.3 is 0 Å². The summed E-state index contributed by atoms with van der Waals surface area (Å²) in [4.78, 5) is 12.9. The van der Waals surface area contributed by atoms with Crippen molar-refractivity contribution in [2.24, 2.45) is 5.92 Å². The summed E-state index contributed by atoms with van der Waals surface area (Å²) in [6.45, 7) is 10.3. The minimum Gasteiger partial charge on any atom is -0.298 e. The Bertz CT molecular complexity index is 985. The number of carbonyl (C=O) groups excluding carboxylic acids is 1. The molecule has 0 bridgehead atoms. The molecule has 6 heteroatoms. The van der Waals surface area contributed by atoms with Crippen LogP contribution in [0.2, 0.25) is 0 Å². The molecule has 0 amide bonds. The van der Waals surface area contributed by atoms with E-state index < -0.39 is 15.6 Å². The van der Waals surface area contributed by atoms with E-state index in [9.17, 15) is 13.2 Å². The van der Waals surface area contributed by atoms with E-state index in [1.165, 1.54) is 24.5 Å². The molecule has 29 heavy (non-hydrogen) atoms. The number of sulfone groups is 1. The van der Waals surface area contributed by atoms with Crippen LogP contribution < -0.4 is 0 Å². The molecule has 0 N–H and O–H groups in total. The number of rotatable bonds is 9. The molecular weight excluding hydrogens is 384 g/mol. The Hall–Kier alpha value is -1.95. The van der Waals surface area contributed by atoms with Crippen LogP contribution in [0.15, 0.2) is 35.5 Å². The number of nitrogens with zero attached hydrogens (tertiary/aromatic N) is 2. The van der Waals surface area contributed by atoms with E-state index in [-0.39, 0.29) is 29.2 Å². The van der Waals surface area contributed by atoms with Gasteiger partial charge in [0.1, 0.15) is 5.75 Å². The van der Waals surface area contributed by atoms with Crippen LogP contribution in [0.25, 0.3) is 0 Å². The molecule has 0 aliphatic heterocycles. The van der Waals surface area contributed by atoms with Crippen LogP contribution in [0.5, 0.6) is 0 Å². The highest BCUT2D eigenvalue weighted by atomic mass is 32.2. The van der Waals surface area contributed by atoms with Crippen LogP contribution in [-0.2, 0) is 21.1 Å². The monoisotopic (exact) mass is 416 g/mol. The predicted molar refractivity (Wildman–Crippen MR) is 115 cm³/mol. The summed E-state index contributed by atoms with van der Waals surface area (Å²) in [5.41, 5.74) is 3.37. The molecular formula is C23H32N2O3S. The number of aromatic nitrogens is 2. The summed E-state index contributed by atoms with van der Waals surface area (Å²) in [5, 5.41) is 4.12. The second kappa shape index (κ2) is 8.42. The number of hydrogen-bond donors (Lipinski definition) is 0. The average molecular weight is 417 g/mol. The van der Waals surface area contributed by atoms with E-state index in [4.69, 9.17) is 0 Å². The first kappa shape index (κ1) is 21.8. The Morgan fingerprint density at radius 3 is 2.31 bits per heavy atom. The maximum Gasteiger partial charge on any atom is 0.204 e. The average Bonchev–Trinajstić information content (AvgIpc) is 3.35. The summed E-state index contributed by atoms with van der Waals surface area (Å²) in [5.74, 6) is 0.569. The highest BCUT2D eigenvalue weighted by molar-refractivity contribution is 7.92. The summed E-state index contributed by atoms with van der Waals surface area (Å²) in [6, 6.07) is 7.78. The topological polar surface area (TPSA) is 69.0 Å². The van der Waals surface area contributed by atoms with Crippen LogP contribution in [0.1, 0.15) is 82.0 Å². The second-order valence-corrected chi connectivity index (χ2v) is 10.8. The van der Waals surface area contributed by atoms with E-state index >= 15 is 0 Å². The van der Waals surface area contributed by atoms with E-state index in [0.717, 1.165) is 11.1 Å². The van der Waals surface area contributed by atoms with Crippen molar-refractivity contribution in [2.75, 3.05) is 5.75 Å². The predicted octanol–water partition coefficient (Wildman–Crippen LogP) is 4.69. The van der Waals surface area contributed by atoms with Crippen molar-refractivity contribution in [1.29, 1.82) is 0 Å². The van der Waals surface area contributed by atoms with E-state index in [0.29, 0.717) is 11.8 Å². The van der Waals surface area contributed by atoms with Gasteiger partial charge in [-0.05, 0) is 67.2 Å². The minimum absolute atomic E-state index is 0.0248. The third-order valence-electron chi connectivity index (χ3n) is 5.85. The fraction of sp³-hybridized carbons (Fsp3) is 0.565. The summed E-state index contributed by atoms with van der Waals surface area (Å²) < 4.78 is 27.1. The van der Waals surface area contributed by atoms with Gasteiger partial charge in [-0.15, -0.1) is 0 Å². The molecule has 2 aromatic rings. The van der Waals surface area contributed by atoms with Crippen LogP contribution in [-0.4, -0.2) is 29.7 Å². The van der Waals surface area contributed by atoms with Gasteiger partial charge >= 0.3 is 0 Å². The molecule has 1 aliphatic carbocycles. The third kappa shape index (κ3) is 4.97. The maximum atomic E-state index is 12.9. The molecule has 1 unspecified atom stereocenters. The molecule has 0 spiro atoms. The Morgan fingerprint density at radius 2 is 1.76 bits per heavy atom. The van der Waals surface area contributed by atoms with Gasteiger partial charge in [-0.3, -0.25) is 9.48 Å². The molecule has 1 heterocycles. The Morgan fingerprint density at radius 1 is 1.10 bits per heavy atom. The van der Waals surface area contributed by atoms with E-state index in [1.807, 2.05) is 13.8 Å². The molecule has 1 aliphatic rings. The van der Waals surface area contributed by atoms with Crippen molar-refractivity contribution >= 4 is 15.6 Å².